The Morgan fingerprint density at radius 1 is 1.10 bits per heavy atom. The van der Waals surface area contributed by atoms with Crippen molar-refractivity contribution in [3.05, 3.63) is 74.3 Å². The van der Waals surface area contributed by atoms with Crippen LogP contribution in [-0.4, -0.2) is 38.0 Å². The summed E-state index contributed by atoms with van der Waals surface area (Å²) in [6.45, 7) is 1.20. The van der Waals surface area contributed by atoms with Gasteiger partial charge in [-0.25, -0.2) is 14.2 Å². The van der Waals surface area contributed by atoms with Gasteiger partial charge in [-0.1, -0.05) is 12.1 Å². The highest BCUT2D eigenvalue weighted by Crippen LogP contribution is 2.27. The minimum absolute atomic E-state index is 0.0586. The van der Waals surface area contributed by atoms with Crippen molar-refractivity contribution in [2.45, 2.75) is 25.2 Å². The highest BCUT2D eigenvalue weighted by molar-refractivity contribution is 5.77. The van der Waals surface area contributed by atoms with E-state index in [1.165, 1.54) is 23.7 Å². The van der Waals surface area contributed by atoms with Crippen LogP contribution in [0.4, 0.5) is 4.39 Å². The molecule has 2 aromatic heterocycles. The van der Waals surface area contributed by atoms with Crippen molar-refractivity contribution in [3.63, 3.8) is 0 Å². The molecule has 0 radical (unpaired) electrons. The van der Waals surface area contributed by atoms with Gasteiger partial charge >= 0.3 is 5.69 Å². The normalized spacial score (nSPS) is 16.4. The molecular formula is C22H23FN4O3. The zero-order valence-electron chi connectivity index (χ0n) is 17.0. The van der Waals surface area contributed by atoms with Crippen LogP contribution in [0.5, 0.6) is 0 Å². The van der Waals surface area contributed by atoms with Crippen LogP contribution < -0.4 is 11.2 Å². The highest BCUT2D eigenvalue weighted by Gasteiger charge is 2.28. The van der Waals surface area contributed by atoms with E-state index < -0.39 is 5.69 Å². The van der Waals surface area contributed by atoms with Gasteiger partial charge in [0.15, 0.2) is 0 Å². The monoisotopic (exact) mass is 410 g/mol. The summed E-state index contributed by atoms with van der Waals surface area (Å²) in [6, 6.07) is 9.71. The molecule has 1 atom stereocenters. The molecule has 1 saturated heterocycles. The molecule has 0 saturated carbocycles. The number of benzene rings is 1. The second kappa shape index (κ2) is 7.85. The van der Waals surface area contributed by atoms with E-state index in [-0.39, 0.29) is 23.2 Å². The topological polar surface area (TPSA) is 77.2 Å². The molecule has 1 unspecified atom stereocenters. The molecule has 3 heterocycles. The molecule has 4 rings (SSSR count). The smallest absolute Gasteiger partial charge is 0.332 e. The van der Waals surface area contributed by atoms with E-state index in [1.807, 2.05) is 11.0 Å². The molecule has 7 nitrogen and oxygen atoms in total. The Morgan fingerprint density at radius 3 is 2.57 bits per heavy atom. The van der Waals surface area contributed by atoms with E-state index in [1.54, 1.807) is 25.2 Å². The number of aromatic nitrogens is 3. The SMILES string of the molecule is Cn1c(=O)c2ccc(C3CCN(C(=O)CCc4ccc(F)cc4)C3)nc2n(C)c1=O. The number of carbonyl (C=O) groups is 1. The molecule has 0 bridgehead atoms. The Kier molecular flexibility index (Phi) is 5.24. The molecule has 1 aliphatic heterocycles. The average Bonchev–Trinajstić information content (AvgIpc) is 3.25. The van der Waals surface area contributed by atoms with Crippen LogP contribution in [0.15, 0.2) is 46.0 Å². The van der Waals surface area contributed by atoms with E-state index in [2.05, 4.69) is 4.98 Å². The van der Waals surface area contributed by atoms with Crippen LogP contribution in [0.2, 0.25) is 0 Å². The third-order valence-electron chi connectivity index (χ3n) is 5.82. The van der Waals surface area contributed by atoms with Crippen LogP contribution in [-0.2, 0) is 25.3 Å². The van der Waals surface area contributed by atoms with Crippen molar-refractivity contribution >= 4 is 16.9 Å². The van der Waals surface area contributed by atoms with Crippen molar-refractivity contribution in [3.8, 4) is 0 Å². The number of hydrogen-bond donors (Lipinski definition) is 0. The summed E-state index contributed by atoms with van der Waals surface area (Å²) >= 11 is 0. The summed E-state index contributed by atoms with van der Waals surface area (Å²) < 4.78 is 15.4. The number of rotatable bonds is 4. The van der Waals surface area contributed by atoms with Gasteiger partial charge in [0.1, 0.15) is 11.5 Å². The second-order valence-electron chi connectivity index (χ2n) is 7.76. The van der Waals surface area contributed by atoms with Gasteiger partial charge in [-0.2, -0.15) is 0 Å². The lowest BCUT2D eigenvalue weighted by Crippen LogP contribution is -2.37. The lowest BCUT2D eigenvalue weighted by Gasteiger charge is -2.17. The molecule has 3 aromatic rings. The fraction of sp³-hybridized carbons (Fsp3) is 0.364. The van der Waals surface area contributed by atoms with Gasteiger partial charge in [-0.3, -0.25) is 18.7 Å². The van der Waals surface area contributed by atoms with Gasteiger partial charge in [-0.15, -0.1) is 0 Å². The first-order valence-electron chi connectivity index (χ1n) is 9.94. The standard InChI is InChI=1S/C22H23FN4O3/c1-25-20-17(21(29)26(2)22(25)30)8-9-18(24-20)15-11-12-27(13-15)19(28)10-5-14-3-6-16(23)7-4-14/h3-4,6-9,15H,5,10-13H2,1-2H3. The molecule has 0 N–H and O–H groups in total. The van der Waals surface area contributed by atoms with E-state index >= 15 is 0 Å². The predicted molar refractivity (Wildman–Crippen MR) is 111 cm³/mol. The second-order valence-corrected chi connectivity index (χ2v) is 7.76. The van der Waals surface area contributed by atoms with Crippen LogP contribution in [0, 0.1) is 5.82 Å². The van der Waals surface area contributed by atoms with Gasteiger partial charge in [0.25, 0.3) is 5.56 Å². The quantitative estimate of drug-likeness (QED) is 0.656. The zero-order valence-corrected chi connectivity index (χ0v) is 17.0. The van der Waals surface area contributed by atoms with Crippen molar-refractivity contribution in [1.29, 1.82) is 0 Å². The number of likely N-dealkylation sites (tertiary alicyclic amines) is 1. The number of aryl methyl sites for hydroxylation is 2. The molecule has 8 heteroatoms. The molecule has 30 heavy (non-hydrogen) atoms. The number of carbonyl (C=O) groups excluding carboxylic acids is 1. The minimum atomic E-state index is -0.416. The van der Waals surface area contributed by atoms with Gasteiger partial charge in [0.05, 0.1) is 5.39 Å². The van der Waals surface area contributed by atoms with Crippen LogP contribution >= 0.6 is 0 Å². The van der Waals surface area contributed by atoms with Gasteiger partial charge in [0, 0.05) is 45.2 Å². The largest absolute Gasteiger partial charge is 0.342 e. The van der Waals surface area contributed by atoms with Crippen LogP contribution in [0.1, 0.15) is 30.0 Å². The zero-order chi connectivity index (χ0) is 21.4. The number of hydrogen-bond acceptors (Lipinski definition) is 4. The molecule has 1 aromatic carbocycles. The summed E-state index contributed by atoms with van der Waals surface area (Å²) in [5.41, 5.74) is 1.29. The number of amides is 1. The van der Waals surface area contributed by atoms with E-state index in [4.69, 9.17) is 0 Å². The van der Waals surface area contributed by atoms with Crippen molar-refractivity contribution in [2.75, 3.05) is 13.1 Å². The molecule has 156 valence electrons. The van der Waals surface area contributed by atoms with E-state index in [0.717, 1.165) is 22.2 Å². The summed E-state index contributed by atoms with van der Waals surface area (Å²) in [5, 5.41) is 0.397. The predicted octanol–water partition coefficient (Wildman–Crippen LogP) is 1.72. The number of fused-ring (bicyclic) bond motifs is 1. The van der Waals surface area contributed by atoms with Crippen LogP contribution in [0.3, 0.4) is 0 Å². The van der Waals surface area contributed by atoms with E-state index in [9.17, 15) is 18.8 Å². The summed E-state index contributed by atoms with van der Waals surface area (Å²) in [5.74, 6) is -0.169. The number of halogens is 1. The molecule has 1 fully saturated rings. The lowest BCUT2D eigenvalue weighted by atomic mass is 10.0. The third kappa shape index (κ3) is 3.65. The third-order valence-corrected chi connectivity index (χ3v) is 5.82. The Bertz CT molecular complexity index is 1230. The average molecular weight is 410 g/mol. The van der Waals surface area contributed by atoms with E-state index in [0.29, 0.717) is 37.0 Å². The Hall–Kier alpha value is -3.29. The van der Waals surface area contributed by atoms with Gasteiger partial charge in [0.2, 0.25) is 5.91 Å². The molecule has 0 aliphatic carbocycles. The molecule has 1 amide bonds. The first kappa shape index (κ1) is 20.0. The lowest BCUT2D eigenvalue weighted by molar-refractivity contribution is -0.130. The first-order valence-corrected chi connectivity index (χ1v) is 9.94. The summed E-state index contributed by atoms with van der Waals surface area (Å²) in [6.07, 6.45) is 1.72. The van der Waals surface area contributed by atoms with Gasteiger partial charge < -0.3 is 4.90 Å². The highest BCUT2D eigenvalue weighted by atomic mass is 19.1. The number of pyridine rings is 1. The van der Waals surface area contributed by atoms with Crippen molar-refractivity contribution in [1.82, 2.24) is 19.0 Å². The Morgan fingerprint density at radius 2 is 1.83 bits per heavy atom. The maximum atomic E-state index is 13.0. The van der Waals surface area contributed by atoms with Crippen molar-refractivity contribution < 1.29 is 9.18 Å². The maximum Gasteiger partial charge on any atom is 0.332 e. The fourth-order valence-corrected chi connectivity index (χ4v) is 3.98. The van der Waals surface area contributed by atoms with Crippen LogP contribution in [0.25, 0.3) is 11.0 Å². The van der Waals surface area contributed by atoms with Crippen molar-refractivity contribution in [2.24, 2.45) is 14.1 Å². The minimum Gasteiger partial charge on any atom is -0.342 e. The summed E-state index contributed by atoms with van der Waals surface area (Å²) in [7, 11) is 3.05. The molecule has 0 spiro atoms. The molecule has 1 aliphatic rings. The first-order chi connectivity index (χ1) is 14.3. The summed E-state index contributed by atoms with van der Waals surface area (Å²) in [4.78, 5) is 43.5. The molecular weight excluding hydrogens is 387 g/mol. The van der Waals surface area contributed by atoms with Gasteiger partial charge in [-0.05, 0) is 42.7 Å². The Labute approximate surface area is 172 Å². The maximum absolute atomic E-state index is 13.0. The Balaban J connectivity index is 1.48. The number of nitrogens with zero attached hydrogens (tertiary/aromatic N) is 4. The fourth-order valence-electron chi connectivity index (χ4n) is 3.98.